The van der Waals surface area contributed by atoms with Crippen molar-refractivity contribution in [1.82, 2.24) is 5.32 Å². The first kappa shape index (κ1) is 15.5. The Morgan fingerprint density at radius 2 is 2.20 bits per heavy atom. The summed E-state index contributed by atoms with van der Waals surface area (Å²) in [6.07, 6.45) is 2.14. The summed E-state index contributed by atoms with van der Waals surface area (Å²) in [6, 6.07) is 10.9. The molecule has 0 radical (unpaired) electrons. The fraction of sp³-hybridized carbons (Fsp3) is 0.375. The van der Waals surface area contributed by atoms with Crippen molar-refractivity contribution in [3.63, 3.8) is 0 Å². The summed E-state index contributed by atoms with van der Waals surface area (Å²) >= 11 is 5.32. The Kier molecular flexibility index (Phi) is 6.07. The molecule has 0 aliphatic rings. The number of rotatable bonds is 7. The second kappa shape index (κ2) is 7.81. The number of methoxy groups -OCH3 is 1. The van der Waals surface area contributed by atoms with E-state index >= 15 is 0 Å². The third-order valence-corrected chi connectivity index (χ3v) is 4.88. The normalized spacial score (nSPS) is 12.3. The molecule has 2 rings (SSSR count). The molecule has 1 aromatic heterocycles. The summed E-state index contributed by atoms with van der Waals surface area (Å²) in [5, 5.41) is 5.77. The topological polar surface area (TPSA) is 21.3 Å². The third-order valence-electron chi connectivity index (χ3n) is 3.16. The summed E-state index contributed by atoms with van der Waals surface area (Å²) in [5.74, 6) is 0.915. The molecule has 108 valence electrons. The summed E-state index contributed by atoms with van der Waals surface area (Å²) < 4.78 is 6.50. The summed E-state index contributed by atoms with van der Waals surface area (Å²) in [6.45, 7) is 3.21. The number of thiophene rings is 1. The number of hydrogen-bond acceptors (Lipinski definition) is 3. The number of nitrogens with one attached hydrogen (secondary N) is 1. The van der Waals surface area contributed by atoms with E-state index in [0.717, 1.165) is 29.6 Å². The van der Waals surface area contributed by atoms with E-state index in [-0.39, 0.29) is 0 Å². The maximum atomic E-state index is 5.33. The van der Waals surface area contributed by atoms with Crippen LogP contribution in [0.25, 0.3) is 0 Å². The number of ether oxygens (including phenoxy) is 1. The molecule has 1 N–H and O–H groups in total. The van der Waals surface area contributed by atoms with Gasteiger partial charge in [-0.3, -0.25) is 0 Å². The highest BCUT2D eigenvalue weighted by molar-refractivity contribution is 9.10. The van der Waals surface area contributed by atoms with E-state index in [0.29, 0.717) is 6.04 Å². The van der Waals surface area contributed by atoms with Crippen molar-refractivity contribution < 1.29 is 4.74 Å². The predicted molar refractivity (Wildman–Crippen MR) is 89.8 cm³/mol. The molecule has 0 aliphatic carbocycles. The molecule has 0 fully saturated rings. The minimum Gasteiger partial charge on any atom is -0.497 e. The van der Waals surface area contributed by atoms with E-state index in [1.165, 1.54) is 10.4 Å². The van der Waals surface area contributed by atoms with Crippen LogP contribution in [-0.4, -0.2) is 13.7 Å². The van der Waals surface area contributed by atoms with Crippen LogP contribution in [0, 0.1) is 0 Å². The molecule has 0 saturated heterocycles. The van der Waals surface area contributed by atoms with Gasteiger partial charge in [-0.05, 0) is 52.7 Å². The minimum atomic E-state index is 0.329. The van der Waals surface area contributed by atoms with E-state index in [4.69, 9.17) is 4.74 Å². The van der Waals surface area contributed by atoms with Crippen LogP contribution < -0.4 is 10.1 Å². The molecule has 0 bridgehead atoms. The van der Waals surface area contributed by atoms with Gasteiger partial charge in [-0.1, -0.05) is 19.1 Å². The first-order valence-corrected chi connectivity index (χ1v) is 8.50. The van der Waals surface area contributed by atoms with Crippen LogP contribution in [0.5, 0.6) is 5.75 Å². The predicted octanol–water partition coefficient (Wildman–Crippen LogP) is 4.80. The quantitative estimate of drug-likeness (QED) is 0.771. The molecular formula is C16H20BrNOS. The van der Waals surface area contributed by atoms with Crippen molar-refractivity contribution in [1.29, 1.82) is 0 Å². The Labute approximate surface area is 133 Å². The van der Waals surface area contributed by atoms with E-state index in [1.54, 1.807) is 18.4 Å². The Bertz CT molecular complexity index is 541. The maximum absolute atomic E-state index is 5.33. The van der Waals surface area contributed by atoms with Crippen molar-refractivity contribution in [3.05, 3.63) is 50.6 Å². The molecule has 2 aromatic rings. The van der Waals surface area contributed by atoms with Crippen LogP contribution in [-0.2, 0) is 6.42 Å². The molecule has 2 nitrogen and oxygen atoms in total. The molecule has 1 aromatic carbocycles. The Morgan fingerprint density at radius 1 is 1.35 bits per heavy atom. The second-order valence-corrected chi connectivity index (χ2v) is 6.63. The first-order chi connectivity index (χ1) is 9.72. The summed E-state index contributed by atoms with van der Waals surface area (Å²) in [5.41, 5.74) is 1.28. The molecule has 1 atom stereocenters. The first-order valence-electron chi connectivity index (χ1n) is 6.83. The Hall–Kier alpha value is -0.840. The van der Waals surface area contributed by atoms with Crippen molar-refractivity contribution in [2.24, 2.45) is 0 Å². The third kappa shape index (κ3) is 4.33. The fourth-order valence-corrected chi connectivity index (χ4v) is 3.64. The van der Waals surface area contributed by atoms with E-state index in [1.807, 2.05) is 6.07 Å². The van der Waals surface area contributed by atoms with E-state index in [9.17, 15) is 0 Å². The van der Waals surface area contributed by atoms with Crippen LogP contribution in [0.15, 0.2) is 40.2 Å². The number of halogens is 1. The van der Waals surface area contributed by atoms with Gasteiger partial charge in [0.05, 0.1) is 7.11 Å². The van der Waals surface area contributed by atoms with Gasteiger partial charge in [0.2, 0.25) is 0 Å². The van der Waals surface area contributed by atoms with Gasteiger partial charge in [0.1, 0.15) is 5.75 Å². The Balaban J connectivity index is 2.17. The average Bonchev–Trinajstić information content (AvgIpc) is 2.88. The zero-order valence-electron chi connectivity index (χ0n) is 11.9. The summed E-state index contributed by atoms with van der Waals surface area (Å²) in [4.78, 5) is 1.38. The smallest absolute Gasteiger partial charge is 0.119 e. The van der Waals surface area contributed by atoms with Crippen LogP contribution in [0.3, 0.4) is 0 Å². The van der Waals surface area contributed by atoms with Crippen molar-refractivity contribution >= 4 is 27.3 Å². The van der Waals surface area contributed by atoms with Gasteiger partial charge < -0.3 is 10.1 Å². The number of hydrogen-bond donors (Lipinski definition) is 1. The van der Waals surface area contributed by atoms with Gasteiger partial charge in [0.25, 0.3) is 0 Å². The summed E-state index contributed by atoms with van der Waals surface area (Å²) in [7, 11) is 1.71. The molecule has 0 spiro atoms. The lowest BCUT2D eigenvalue weighted by Gasteiger charge is -2.19. The minimum absolute atomic E-state index is 0.329. The van der Waals surface area contributed by atoms with Crippen molar-refractivity contribution in [3.8, 4) is 5.75 Å². The maximum Gasteiger partial charge on any atom is 0.119 e. The lowest BCUT2D eigenvalue weighted by atomic mass is 10.0. The van der Waals surface area contributed by atoms with Crippen LogP contribution in [0.4, 0.5) is 0 Å². The lowest BCUT2D eigenvalue weighted by Crippen LogP contribution is -2.23. The molecule has 4 heteroatoms. The molecule has 0 saturated carbocycles. The second-order valence-electron chi connectivity index (χ2n) is 4.72. The van der Waals surface area contributed by atoms with Gasteiger partial charge >= 0.3 is 0 Å². The van der Waals surface area contributed by atoms with E-state index in [2.05, 4.69) is 57.8 Å². The van der Waals surface area contributed by atoms with Gasteiger partial charge in [0, 0.05) is 27.2 Å². The molecule has 1 unspecified atom stereocenters. The zero-order chi connectivity index (χ0) is 14.4. The fourth-order valence-electron chi connectivity index (χ4n) is 2.15. The van der Waals surface area contributed by atoms with Crippen LogP contribution >= 0.6 is 27.3 Å². The standard InChI is InChI=1S/C16H20BrNOS/c1-3-7-18-16(10-15-9-13(17)11-20-15)12-5-4-6-14(8-12)19-2/h4-6,8-9,11,16,18H,3,7,10H2,1-2H3. The monoisotopic (exact) mass is 353 g/mol. The van der Waals surface area contributed by atoms with Crippen molar-refractivity contribution in [2.45, 2.75) is 25.8 Å². The largest absolute Gasteiger partial charge is 0.497 e. The van der Waals surface area contributed by atoms with Gasteiger partial charge in [-0.25, -0.2) is 0 Å². The highest BCUT2D eigenvalue weighted by atomic mass is 79.9. The molecule has 1 heterocycles. The van der Waals surface area contributed by atoms with Crippen LogP contribution in [0.2, 0.25) is 0 Å². The lowest BCUT2D eigenvalue weighted by molar-refractivity contribution is 0.413. The van der Waals surface area contributed by atoms with Crippen molar-refractivity contribution in [2.75, 3.05) is 13.7 Å². The van der Waals surface area contributed by atoms with Gasteiger partial charge in [0.15, 0.2) is 0 Å². The number of benzene rings is 1. The van der Waals surface area contributed by atoms with E-state index < -0.39 is 0 Å². The van der Waals surface area contributed by atoms with Crippen LogP contribution in [0.1, 0.15) is 29.8 Å². The highest BCUT2D eigenvalue weighted by Gasteiger charge is 2.13. The highest BCUT2D eigenvalue weighted by Crippen LogP contribution is 2.27. The molecule has 0 amide bonds. The van der Waals surface area contributed by atoms with Gasteiger partial charge in [-0.2, -0.15) is 0 Å². The van der Waals surface area contributed by atoms with Gasteiger partial charge in [-0.15, -0.1) is 11.3 Å². The zero-order valence-corrected chi connectivity index (χ0v) is 14.3. The Morgan fingerprint density at radius 3 is 2.85 bits per heavy atom. The molecule has 20 heavy (non-hydrogen) atoms. The average molecular weight is 354 g/mol. The SMILES string of the molecule is CCCNC(Cc1cc(Br)cs1)c1cccc(OC)c1. The molecule has 0 aliphatic heterocycles. The molecular weight excluding hydrogens is 334 g/mol.